The summed E-state index contributed by atoms with van der Waals surface area (Å²) in [5.41, 5.74) is 1.08. The number of thiophene rings is 1. The second-order valence-corrected chi connectivity index (χ2v) is 5.84. The molecule has 0 amide bonds. The average Bonchev–Trinajstić information content (AvgIpc) is 3.07. The van der Waals surface area contributed by atoms with Gasteiger partial charge < -0.3 is 15.0 Å². The molecular formula is C14H22N4OS. The zero-order chi connectivity index (χ0) is 14.5. The van der Waals surface area contributed by atoms with Gasteiger partial charge in [0.1, 0.15) is 5.69 Å². The molecule has 110 valence electrons. The van der Waals surface area contributed by atoms with Gasteiger partial charge in [0.25, 0.3) is 0 Å². The van der Waals surface area contributed by atoms with Gasteiger partial charge in [-0.2, -0.15) is 5.10 Å². The molecule has 0 fully saturated rings. The number of ether oxygens (including phenoxy) is 1. The molecule has 0 aliphatic rings. The van der Waals surface area contributed by atoms with Crippen LogP contribution in [0.4, 0.5) is 0 Å². The van der Waals surface area contributed by atoms with Crippen LogP contribution in [0.2, 0.25) is 0 Å². The molecule has 0 aromatic carbocycles. The van der Waals surface area contributed by atoms with E-state index in [1.807, 2.05) is 11.7 Å². The highest BCUT2D eigenvalue weighted by Gasteiger charge is 2.23. The molecule has 6 heteroatoms. The third kappa shape index (κ3) is 3.20. The Hall–Kier alpha value is -1.37. The first-order chi connectivity index (χ1) is 9.67. The van der Waals surface area contributed by atoms with Gasteiger partial charge >= 0.3 is 0 Å². The quantitative estimate of drug-likeness (QED) is 0.846. The van der Waals surface area contributed by atoms with E-state index in [0.29, 0.717) is 0 Å². The third-order valence-electron chi connectivity index (χ3n) is 3.21. The molecule has 0 radical (unpaired) electrons. The first-order valence-electron chi connectivity index (χ1n) is 6.62. The highest BCUT2D eigenvalue weighted by Crippen LogP contribution is 2.31. The molecule has 1 atom stereocenters. The van der Waals surface area contributed by atoms with Crippen LogP contribution in [0, 0.1) is 0 Å². The van der Waals surface area contributed by atoms with Gasteiger partial charge in [0.15, 0.2) is 5.75 Å². The standard InChI is InChI=1S/C14H22N4OS/c1-15-13(12-6-5-9-20-12)14-11(19-4)10-16-18(14)8-7-17(2)3/h5-6,9-10,13,15H,7-8H2,1-4H3. The predicted molar refractivity (Wildman–Crippen MR) is 82.6 cm³/mol. The number of nitrogens with zero attached hydrogens (tertiary/aromatic N) is 3. The Kier molecular flexibility index (Phi) is 5.17. The Morgan fingerprint density at radius 1 is 1.50 bits per heavy atom. The minimum absolute atomic E-state index is 0.106. The van der Waals surface area contributed by atoms with E-state index in [9.17, 15) is 0 Å². The van der Waals surface area contributed by atoms with Crippen molar-refractivity contribution in [2.75, 3.05) is 34.8 Å². The van der Waals surface area contributed by atoms with Crippen LogP contribution in [-0.2, 0) is 6.54 Å². The van der Waals surface area contributed by atoms with Crippen molar-refractivity contribution < 1.29 is 4.74 Å². The third-order valence-corrected chi connectivity index (χ3v) is 4.15. The Bertz CT molecular complexity index is 521. The van der Waals surface area contributed by atoms with E-state index in [1.54, 1.807) is 24.6 Å². The minimum atomic E-state index is 0.106. The van der Waals surface area contributed by atoms with Crippen LogP contribution in [0.1, 0.15) is 16.6 Å². The molecule has 1 N–H and O–H groups in total. The van der Waals surface area contributed by atoms with Crippen molar-refractivity contribution in [2.45, 2.75) is 12.6 Å². The van der Waals surface area contributed by atoms with E-state index in [0.717, 1.165) is 24.5 Å². The van der Waals surface area contributed by atoms with Crippen LogP contribution in [0.3, 0.4) is 0 Å². The maximum absolute atomic E-state index is 5.48. The maximum atomic E-state index is 5.48. The van der Waals surface area contributed by atoms with Crippen LogP contribution in [-0.4, -0.2) is 49.5 Å². The first kappa shape index (κ1) is 15.0. The number of aromatic nitrogens is 2. The normalized spacial score (nSPS) is 12.8. The lowest BCUT2D eigenvalue weighted by molar-refractivity contribution is 0.361. The van der Waals surface area contributed by atoms with Crippen molar-refractivity contribution in [3.05, 3.63) is 34.3 Å². The molecule has 2 aromatic rings. The number of methoxy groups -OCH3 is 1. The summed E-state index contributed by atoms with van der Waals surface area (Å²) in [5.74, 6) is 0.830. The Labute approximate surface area is 124 Å². The topological polar surface area (TPSA) is 42.3 Å². The molecule has 0 saturated carbocycles. The second-order valence-electron chi connectivity index (χ2n) is 4.86. The molecule has 20 heavy (non-hydrogen) atoms. The predicted octanol–water partition coefficient (Wildman–Crippen LogP) is 1.82. The number of nitrogens with one attached hydrogen (secondary N) is 1. The molecule has 2 heterocycles. The molecular weight excluding hydrogens is 272 g/mol. The smallest absolute Gasteiger partial charge is 0.161 e. The summed E-state index contributed by atoms with van der Waals surface area (Å²) in [6, 6.07) is 4.31. The van der Waals surface area contributed by atoms with E-state index < -0.39 is 0 Å². The lowest BCUT2D eigenvalue weighted by atomic mass is 10.1. The summed E-state index contributed by atoms with van der Waals surface area (Å²) in [6.07, 6.45) is 1.79. The monoisotopic (exact) mass is 294 g/mol. The van der Waals surface area contributed by atoms with Gasteiger partial charge in [0.2, 0.25) is 0 Å². The number of rotatable bonds is 7. The summed E-state index contributed by atoms with van der Waals surface area (Å²) in [7, 11) is 7.79. The summed E-state index contributed by atoms with van der Waals surface area (Å²) < 4.78 is 7.51. The molecule has 2 aromatic heterocycles. The Morgan fingerprint density at radius 2 is 2.30 bits per heavy atom. The zero-order valence-corrected chi connectivity index (χ0v) is 13.3. The zero-order valence-electron chi connectivity index (χ0n) is 12.5. The Balaban J connectivity index is 2.34. The highest BCUT2D eigenvalue weighted by atomic mass is 32.1. The van der Waals surface area contributed by atoms with Crippen LogP contribution in [0.15, 0.2) is 23.7 Å². The van der Waals surface area contributed by atoms with E-state index in [2.05, 4.69) is 46.9 Å². The average molecular weight is 294 g/mol. The largest absolute Gasteiger partial charge is 0.493 e. The molecule has 0 bridgehead atoms. The lowest BCUT2D eigenvalue weighted by Crippen LogP contribution is -2.25. The summed E-state index contributed by atoms with van der Waals surface area (Å²) in [4.78, 5) is 3.41. The molecule has 0 aliphatic heterocycles. The van der Waals surface area contributed by atoms with Gasteiger partial charge in [0.05, 0.1) is 25.9 Å². The molecule has 5 nitrogen and oxygen atoms in total. The first-order valence-corrected chi connectivity index (χ1v) is 7.50. The van der Waals surface area contributed by atoms with Crippen molar-refractivity contribution in [3.8, 4) is 5.75 Å². The summed E-state index contributed by atoms with van der Waals surface area (Å²) in [6.45, 7) is 1.79. The fourth-order valence-electron chi connectivity index (χ4n) is 2.17. The van der Waals surface area contributed by atoms with Crippen molar-refractivity contribution in [1.82, 2.24) is 20.0 Å². The van der Waals surface area contributed by atoms with Gasteiger partial charge in [0, 0.05) is 11.4 Å². The van der Waals surface area contributed by atoms with Crippen molar-refractivity contribution >= 4 is 11.3 Å². The second kappa shape index (κ2) is 6.88. The summed E-state index contributed by atoms with van der Waals surface area (Å²) >= 11 is 1.74. The van der Waals surface area contributed by atoms with Gasteiger partial charge in [-0.3, -0.25) is 4.68 Å². The summed E-state index contributed by atoms with van der Waals surface area (Å²) in [5, 5.41) is 9.92. The van der Waals surface area contributed by atoms with E-state index in [4.69, 9.17) is 4.74 Å². The Morgan fingerprint density at radius 3 is 2.85 bits per heavy atom. The SMILES string of the molecule is CNC(c1cccs1)c1c(OC)cnn1CCN(C)C. The van der Waals surface area contributed by atoms with Crippen molar-refractivity contribution in [1.29, 1.82) is 0 Å². The van der Waals surface area contributed by atoms with E-state index >= 15 is 0 Å². The van der Waals surface area contributed by atoms with E-state index in [-0.39, 0.29) is 6.04 Å². The van der Waals surface area contributed by atoms with Crippen LogP contribution >= 0.6 is 11.3 Å². The fraction of sp³-hybridized carbons (Fsp3) is 0.500. The maximum Gasteiger partial charge on any atom is 0.161 e. The van der Waals surface area contributed by atoms with Gasteiger partial charge in [-0.05, 0) is 32.6 Å². The van der Waals surface area contributed by atoms with Gasteiger partial charge in [-0.1, -0.05) is 6.07 Å². The lowest BCUT2D eigenvalue weighted by Gasteiger charge is -2.19. The highest BCUT2D eigenvalue weighted by molar-refractivity contribution is 7.10. The van der Waals surface area contributed by atoms with Crippen LogP contribution in [0.5, 0.6) is 5.75 Å². The minimum Gasteiger partial charge on any atom is -0.493 e. The van der Waals surface area contributed by atoms with Crippen molar-refractivity contribution in [2.24, 2.45) is 0 Å². The number of hydrogen-bond donors (Lipinski definition) is 1. The van der Waals surface area contributed by atoms with Crippen LogP contribution < -0.4 is 10.1 Å². The van der Waals surface area contributed by atoms with Crippen LogP contribution in [0.25, 0.3) is 0 Å². The molecule has 0 aliphatic carbocycles. The van der Waals surface area contributed by atoms with Gasteiger partial charge in [-0.15, -0.1) is 11.3 Å². The molecule has 0 spiro atoms. The van der Waals surface area contributed by atoms with Gasteiger partial charge in [-0.25, -0.2) is 0 Å². The molecule has 0 saturated heterocycles. The number of hydrogen-bond acceptors (Lipinski definition) is 5. The fourth-order valence-corrected chi connectivity index (χ4v) is 3.01. The molecule has 1 unspecified atom stereocenters. The van der Waals surface area contributed by atoms with Crippen molar-refractivity contribution in [3.63, 3.8) is 0 Å². The van der Waals surface area contributed by atoms with E-state index in [1.165, 1.54) is 4.88 Å². The molecule has 2 rings (SSSR count). The number of likely N-dealkylation sites (N-methyl/N-ethyl adjacent to an activating group) is 1.